The molecule has 2 aromatic carbocycles. The molecule has 1 aliphatic heterocycles. The van der Waals surface area contributed by atoms with Crippen LogP contribution in [0.15, 0.2) is 48.5 Å². The minimum atomic E-state index is -0.322. The Morgan fingerprint density at radius 2 is 1.90 bits per heavy atom. The Kier molecular flexibility index (Phi) is 7.12. The standard InChI is InChI=1S/C23H30N2O4/c1-17(24(2)19-11-9-18(10-12-19)23(26)28-4)21-7-5-6-8-22(21)25-14-13-20(15-25)29-16-27-3/h5-12,17,20H,13-16H2,1-4H3/t17?,20-/m1/s1. The van der Waals surface area contributed by atoms with Crippen molar-refractivity contribution < 1.29 is 19.0 Å². The molecule has 1 unspecified atom stereocenters. The first-order valence-electron chi connectivity index (χ1n) is 9.90. The van der Waals surface area contributed by atoms with Crippen LogP contribution in [0.4, 0.5) is 11.4 Å². The van der Waals surface area contributed by atoms with Crippen LogP contribution in [0.3, 0.4) is 0 Å². The highest BCUT2D eigenvalue weighted by Crippen LogP contribution is 2.34. The number of methoxy groups -OCH3 is 2. The van der Waals surface area contributed by atoms with Crippen LogP contribution in [0, 0.1) is 0 Å². The first kappa shape index (κ1) is 21.1. The van der Waals surface area contributed by atoms with Gasteiger partial charge in [0.2, 0.25) is 0 Å². The van der Waals surface area contributed by atoms with Crippen LogP contribution < -0.4 is 9.80 Å². The van der Waals surface area contributed by atoms with Crippen molar-refractivity contribution >= 4 is 17.3 Å². The van der Waals surface area contributed by atoms with Crippen molar-refractivity contribution in [2.24, 2.45) is 0 Å². The third kappa shape index (κ3) is 4.89. The Hall–Kier alpha value is -2.57. The maximum atomic E-state index is 11.7. The first-order valence-corrected chi connectivity index (χ1v) is 9.90. The summed E-state index contributed by atoms with van der Waals surface area (Å²) in [5.41, 5.74) is 4.10. The fourth-order valence-corrected chi connectivity index (χ4v) is 3.76. The van der Waals surface area contributed by atoms with Crippen molar-refractivity contribution in [2.75, 3.05) is 50.9 Å². The fraction of sp³-hybridized carbons (Fsp3) is 0.435. The summed E-state index contributed by atoms with van der Waals surface area (Å²) in [7, 11) is 5.12. The number of nitrogens with zero attached hydrogens (tertiary/aromatic N) is 2. The average molecular weight is 399 g/mol. The molecule has 0 N–H and O–H groups in total. The molecule has 0 radical (unpaired) electrons. The van der Waals surface area contributed by atoms with E-state index in [0.29, 0.717) is 12.4 Å². The predicted molar refractivity (Wildman–Crippen MR) is 115 cm³/mol. The van der Waals surface area contributed by atoms with E-state index in [1.165, 1.54) is 18.4 Å². The van der Waals surface area contributed by atoms with Crippen LogP contribution in [0.1, 0.15) is 35.3 Å². The average Bonchev–Trinajstić information content (AvgIpc) is 3.25. The molecule has 0 saturated carbocycles. The van der Waals surface area contributed by atoms with Gasteiger partial charge in [-0.25, -0.2) is 4.79 Å². The van der Waals surface area contributed by atoms with Gasteiger partial charge in [0.05, 0.1) is 24.8 Å². The van der Waals surface area contributed by atoms with Crippen molar-refractivity contribution in [1.29, 1.82) is 0 Å². The molecular formula is C23H30N2O4. The molecule has 1 saturated heterocycles. The summed E-state index contributed by atoms with van der Waals surface area (Å²) in [6.45, 7) is 4.36. The van der Waals surface area contributed by atoms with Crippen LogP contribution in [0.5, 0.6) is 0 Å². The van der Waals surface area contributed by atoms with Crippen molar-refractivity contribution in [3.8, 4) is 0 Å². The zero-order valence-corrected chi connectivity index (χ0v) is 17.6. The number of carbonyl (C=O) groups excluding carboxylic acids is 1. The summed E-state index contributed by atoms with van der Waals surface area (Å²) >= 11 is 0. The molecule has 1 fully saturated rings. The van der Waals surface area contributed by atoms with Crippen LogP contribution >= 0.6 is 0 Å². The van der Waals surface area contributed by atoms with Gasteiger partial charge in [0.15, 0.2) is 0 Å². The summed E-state index contributed by atoms with van der Waals surface area (Å²) < 4.78 is 15.6. The van der Waals surface area contributed by atoms with E-state index in [0.717, 1.165) is 25.2 Å². The quantitative estimate of drug-likeness (QED) is 0.497. The third-order valence-electron chi connectivity index (χ3n) is 5.57. The molecule has 0 aromatic heterocycles. The smallest absolute Gasteiger partial charge is 0.337 e. The molecule has 0 spiro atoms. The van der Waals surface area contributed by atoms with Crippen molar-refractivity contribution in [1.82, 2.24) is 0 Å². The molecule has 0 bridgehead atoms. The number of rotatable bonds is 8. The van der Waals surface area contributed by atoms with Gasteiger partial charge in [-0.2, -0.15) is 0 Å². The van der Waals surface area contributed by atoms with E-state index in [2.05, 4.69) is 48.0 Å². The molecule has 1 aliphatic rings. The van der Waals surface area contributed by atoms with Crippen LogP contribution in [-0.2, 0) is 14.2 Å². The van der Waals surface area contributed by atoms with Gasteiger partial charge in [0, 0.05) is 38.6 Å². The number of carbonyl (C=O) groups is 1. The fourth-order valence-electron chi connectivity index (χ4n) is 3.76. The zero-order chi connectivity index (χ0) is 20.8. The Bertz CT molecular complexity index is 809. The lowest BCUT2D eigenvalue weighted by Gasteiger charge is -2.31. The molecule has 6 nitrogen and oxygen atoms in total. The number of hydrogen-bond donors (Lipinski definition) is 0. The van der Waals surface area contributed by atoms with E-state index in [4.69, 9.17) is 14.2 Å². The Morgan fingerprint density at radius 3 is 2.59 bits per heavy atom. The number of hydrogen-bond acceptors (Lipinski definition) is 6. The van der Waals surface area contributed by atoms with Crippen molar-refractivity contribution in [3.05, 3.63) is 59.7 Å². The molecule has 2 aromatic rings. The van der Waals surface area contributed by atoms with E-state index in [-0.39, 0.29) is 18.1 Å². The summed E-state index contributed by atoms with van der Waals surface area (Å²) in [5.74, 6) is -0.322. The lowest BCUT2D eigenvalue weighted by Crippen LogP contribution is -2.27. The Morgan fingerprint density at radius 1 is 1.17 bits per heavy atom. The lowest BCUT2D eigenvalue weighted by molar-refractivity contribution is -0.0636. The van der Waals surface area contributed by atoms with E-state index >= 15 is 0 Å². The van der Waals surface area contributed by atoms with Crippen molar-refractivity contribution in [3.63, 3.8) is 0 Å². The maximum absolute atomic E-state index is 11.7. The summed E-state index contributed by atoms with van der Waals surface area (Å²) in [4.78, 5) is 16.3. The second-order valence-corrected chi connectivity index (χ2v) is 7.31. The van der Waals surface area contributed by atoms with Crippen molar-refractivity contribution in [2.45, 2.75) is 25.5 Å². The minimum absolute atomic E-state index is 0.161. The van der Waals surface area contributed by atoms with E-state index in [9.17, 15) is 4.79 Å². The molecule has 6 heteroatoms. The highest BCUT2D eigenvalue weighted by Gasteiger charge is 2.26. The Balaban J connectivity index is 1.76. The predicted octanol–water partition coefficient (Wildman–Crippen LogP) is 3.87. The molecule has 3 rings (SSSR count). The SMILES string of the molecule is COCO[C@@H]1CCN(c2ccccc2C(C)N(C)c2ccc(C(=O)OC)cc2)C1. The van der Waals surface area contributed by atoms with Gasteiger partial charge in [0.25, 0.3) is 0 Å². The van der Waals surface area contributed by atoms with Crippen LogP contribution in [-0.4, -0.2) is 53.2 Å². The number of ether oxygens (including phenoxy) is 3. The molecule has 29 heavy (non-hydrogen) atoms. The highest BCUT2D eigenvalue weighted by atomic mass is 16.7. The maximum Gasteiger partial charge on any atom is 0.337 e. The first-order chi connectivity index (χ1) is 14.0. The second kappa shape index (κ2) is 9.76. The number of anilines is 2. The van der Waals surface area contributed by atoms with Gasteiger partial charge in [-0.05, 0) is 49.2 Å². The molecular weight excluding hydrogens is 368 g/mol. The topological polar surface area (TPSA) is 51.2 Å². The lowest BCUT2D eigenvalue weighted by atomic mass is 10.0. The number of para-hydroxylation sites is 1. The summed E-state index contributed by atoms with van der Waals surface area (Å²) in [6, 6.07) is 16.2. The van der Waals surface area contributed by atoms with E-state index in [1.54, 1.807) is 19.2 Å². The Labute approximate surface area is 173 Å². The molecule has 0 amide bonds. The van der Waals surface area contributed by atoms with Gasteiger partial charge >= 0.3 is 5.97 Å². The summed E-state index contributed by atoms with van der Waals surface area (Å²) in [5, 5.41) is 0. The van der Waals surface area contributed by atoms with Gasteiger partial charge in [-0.3, -0.25) is 0 Å². The van der Waals surface area contributed by atoms with Gasteiger partial charge in [-0.15, -0.1) is 0 Å². The van der Waals surface area contributed by atoms with Gasteiger partial charge in [-0.1, -0.05) is 18.2 Å². The summed E-state index contributed by atoms with van der Waals surface area (Å²) in [6.07, 6.45) is 1.19. The molecule has 0 aliphatic carbocycles. The molecule has 2 atom stereocenters. The highest BCUT2D eigenvalue weighted by molar-refractivity contribution is 5.89. The largest absolute Gasteiger partial charge is 0.465 e. The molecule has 1 heterocycles. The number of benzene rings is 2. The minimum Gasteiger partial charge on any atom is -0.465 e. The second-order valence-electron chi connectivity index (χ2n) is 7.31. The van der Waals surface area contributed by atoms with E-state index < -0.39 is 0 Å². The van der Waals surface area contributed by atoms with Crippen LogP contribution in [0.25, 0.3) is 0 Å². The zero-order valence-electron chi connectivity index (χ0n) is 17.6. The van der Waals surface area contributed by atoms with Crippen LogP contribution in [0.2, 0.25) is 0 Å². The van der Waals surface area contributed by atoms with E-state index in [1.807, 2.05) is 12.1 Å². The normalized spacial score (nSPS) is 17.2. The van der Waals surface area contributed by atoms with Gasteiger partial charge < -0.3 is 24.0 Å². The van der Waals surface area contributed by atoms with Gasteiger partial charge in [0.1, 0.15) is 6.79 Å². The third-order valence-corrected chi connectivity index (χ3v) is 5.57. The molecule has 156 valence electrons. The monoisotopic (exact) mass is 398 g/mol. The number of esters is 1.